The maximum absolute atomic E-state index is 11.8. The van der Waals surface area contributed by atoms with Gasteiger partial charge in [-0.05, 0) is 23.3 Å². The molecule has 1 atom stereocenters. The summed E-state index contributed by atoms with van der Waals surface area (Å²) in [7, 11) is 2.61. The maximum atomic E-state index is 11.8. The number of amides is 1. The Labute approximate surface area is 119 Å². The summed E-state index contributed by atoms with van der Waals surface area (Å²) in [5, 5.41) is 0. The van der Waals surface area contributed by atoms with Gasteiger partial charge in [-0.1, -0.05) is 22.0 Å². The minimum absolute atomic E-state index is 0.335. The SMILES string of the molecule is COC(=O)[C@@H]1Cc2ccc(Br)cc2CN1C(=O)OC. The molecule has 0 bridgehead atoms. The summed E-state index contributed by atoms with van der Waals surface area (Å²) in [6.45, 7) is 0.335. The summed E-state index contributed by atoms with van der Waals surface area (Å²) in [6, 6.07) is 5.18. The van der Waals surface area contributed by atoms with Crippen molar-refractivity contribution in [2.24, 2.45) is 0 Å². The maximum Gasteiger partial charge on any atom is 0.410 e. The first-order valence-electron chi connectivity index (χ1n) is 5.76. The fraction of sp³-hybridized carbons (Fsp3) is 0.385. The molecule has 1 aliphatic rings. The molecule has 6 heteroatoms. The van der Waals surface area contributed by atoms with Crippen LogP contribution in [0.3, 0.4) is 0 Å². The number of methoxy groups -OCH3 is 2. The second kappa shape index (κ2) is 5.61. The number of hydrogen-bond acceptors (Lipinski definition) is 4. The van der Waals surface area contributed by atoms with Crippen molar-refractivity contribution in [1.82, 2.24) is 4.90 Å². The van der Waals surface area contributed by atoms with Gasteiger partial charge in [-0.15, -0.1) is 0 Å². The molecule has 19 heavy (non-hydrogen) atoms. The molecule has 102 valence electrons. The highest BCUT2D eigenvalue weighted by molar-refractivity contribution is 9.10. The highest BCUT2D eigenvalue weighted by Gasteiger charge is 2.36. The number of ether oxygens (including phenoxy) is 2. The Morgan fingerprint density at radius 3 is 2.63 bits per heavy atom. The van der Waals surface area contributed by atoms with E-state index in [0.717, 1.165) is 15.6 Å². The number of rotatable bonds is 1. The molecule has 0 radical (unpaired) electrons. The zero-order valence-electron chi connectivity index (χ0n) is 10.7. The fourth-order valence-electron chi connectivity index (χ4n) is 2.21. The van der Waals surface area contributed by atoms with Crippen LogP contribution in [-0.2, 0) is 27.2 Å². The zero-order chi connectivity index (χ0) is 14.0. The number of fused-ring (bicyclic) bond motifs is 1. The van der Waals surface area contributed by atoms with E-state index in [0.29, 0.717) is 13.0 Å². The molecule has 0 fully saturated rings. The van der Waals surface area contributed by atoms with Crippen molar-refractivity contribution in [1.29, 1.82) is 0 Å². The molecule has 1 amide bonds. The molecule has 1 aromatic carbocycles. The van der Waals surface area contributed by atoms with E-state index in [1.165, 1.54) is 19.1 Å². The molecule has 0 saturated heterocycles. The van der Waals surface area contributed by atoms with Crippen LogP contribution in [0.1, 0.15) is 11.1 Å². The van der Waals surface area contributed by atoms with Gasteiger partial charge in [0.2, 0.25) is 0 Å². The molecule has 1 aliphatic heterocycles. The van der Waals surface area contributed by atoms with Crippen molar-refractivity contribution >= 4 is 28.0 Å². The fourth-order valence-corrected chi connectivity index (χ4v) is 2.62. The summed E-state index contributed by atoms with van der Waals surface area (Å²) in [5.74, 6) is -0.432. The number of halogens is 1. The van der Waals surface area contributed by atoms with Gasteiger partial charge in [0.15, 0.2) is 0 Å². The van der Waals surface area contributed by atoms with Crippen LogP contribution in [0.15, 0.2) is 22.7 Å². The normalized spacial score (nSPS) is 17.6. The molecular weight excluding hydrogens is 314 g/mol. The first-order chi connectivity index (χ1) is 9.06. The summed E-state index contributed by atoms with van der Waals surface area (Å²) in [4.78, 5) is 25.0. The van der Waals surface area contributed by atoms with Crippen molar-refractivity contribution in [3.8, 4) is 0 Å². The van der Waals surface area contributed by atoms with E-state index >= 15 is 0 Å². The lowest BCUT2D eigenvalue weighted by atomic mass is 9.94. The Kier molecular flexibility index (Phi) is 4.09. The third-order valence-corrected chi connectivity index (χ3v) is 3.67. The molecule has 0 aliphatic carbocycles. The van der Waals surface area contributed by atoms with Gasteiger partial charge in [-0.25, -0.2) is 9.59 Å². The van der Waals surface area contributed by atoms with Crippen molar-refractivity contribution < 1.29 is 19.1 Å². The second-order valence-electron chi connectivity index (χ2n) is 4.25. The highest BCUT2D eigenvalue weighted by atomic mass is 79.9. The van der Waals surface area contributed by atoms with Gasteiger partial charge in [-0.2, -0.15) is 0 Å². The molecule has 0 N–H and O–H groups in total. The lowest BCUT2D eigenvalue weighted by Gasteiger charge is -2.34. The lowest BCUT2D eigenvalue weighted by molar-refractivity contribution is -0.146. The molecule has 1 heterocycles. The van der Waals surface area contributed by atoms with Crippen LogP contribution in [0.5, 0.6) is 0 Å². The molecule has 0 saturated carbocycles. The quantitative estimate of drug-likeness (QED) is 0.741. The number of benzene rings is 1. The summed E-state index contributed by atoms with van der Waals surface area (Å²) >= 11 is 3.40. The first kappa shape index (κ1) is 13.9. The third-order valence-electron chi connectivity index (χ3n) is 3.18. The van der Waals surface area contributed by atoms with Crippen LogP contribution in [0.25, 0.3) is 0 Å². The molecule has 5 nitrogen and oxygen atoms in total. The standard InChI is InChI=1S/C13H14BrNO4/c1-18-12(16)11-6-8-3-4-10(14)5-9(8)7-15(11)13(17)19-2/h3-5,11H,6-7H2,1-2H3/t11-/m0/s1. The Bertz CT molecular complexity index is 517. The Hall–Kier alpha value is -1.56. The van der Waals surface area contributed by atoms with E-state index in [9.17, 15) is 9.59 Å². The largest absolute Gasteiger partial charge is 0.467 e. The van der Waals surface area contributed by atoms with E-state index in [1.54, 1.807) is 0 Å². The van der Waals surface area contributed by atoms with E-state index in [4.69, 9.17) is 9.47 Å². The Morgan fingerprint density at radius 1 is 1.26 bits per heavy atom. The van der Waals surface area contributed by atoms with Crippen molar-refractivity contribution in [2.45, 2.75) is 19.0 Å². The van der Waals surface area contributed by atoms with E-state index in [-0.39, 0.29) is 0 Å². The monoisotopic (exact) mass is 327 g/mol. The average molecular weight is 328 g/mol. The molecule has 1 aromatic rings. The summed E-state index contributed by atoms with van der Waals surface area (Å²) in [6.07, 6.45) is -0.0919. The highest BCUT2D eigenvalue weighted by Crippen LogP contribution is 2.27. The van der Waals surface area contributed by atoms with Crippen molar-refractivity contribution in [3.05, 3.63) is 33.8 Å². The smallest absolute Gasteiger partial charge is 0.410 e. The predicted molar refractivity (Wildman–Crippen MR) is 71.6 cm³/mol. The average Bonchev–Trinajstić information content (AvgIpc) is 2.44. The number of nitrogens with zero attached hydrogens (tertiary/aromatic N) is 1. The number of esters is 1. The molecular formula is C13H14BrNO4. The van der Waals surface area contributed by atoms with E-state index < -0.39 is 18.1 Å². The van der Waals surface area contributed by atoms with Crippen LogP contribution in [0.4, 0.5) is 4.79 Å². The van der Waals surface area contributed by atoms with Crippen molar-refractivity contribution in [2.75, 3.05) is 14.2 Å². The molecule has 0 unspecified atom stereocenters. The second-order valence-corrected chi connectivity index (χ2v) is 5.17. The van der Waals surface area contributed by atoms with Crippen LogP contribution >= 0.6 is 15.9 Å². The van der Waals surface area contributed by atoms with Crippen LogP contribution in [0.2, 0.25) is 0 Å². The van der Waals surface area contributed by atoms with E-state index in [2.05, 4.69) is 15.9 Å². The van der Waals surface area contributed by atoms with Gasteiger partial charge in [0, 0.05) is 10.9 Å². The Morgan fingerprint density at radius 2 is 2.00 bits per heavy atom. The number of carbonyl (C=O) groups excluding carboxylic acids is 2. The zero-order valence-corrected chi connectivity index (χ0v) is 12.3. The minimum atomic E-state index is -0.633. The lowest BCUT2D eigenvalue weighted by Crippen LogP contribution is -2.49. The van der Waals surface area contributed by atoms with Gasteiger partial charge in [0.1, 0.15) is 6.04 Å². The van der Waals surface area contributed by atoms with Gasteiger partial charge < -0.3 is 9.47 Å². The predicted octanol–water partition coefficient (Wildman–Crippen LogP) is 2.12. The van der Waals surface area contributed by atoms with Gasteiger partial charge >= 0.3 is 12.1 Å². The van der Waals surface area contributed by atoms with Crippen LogP contribution in [-0.4, -0.2) is 37.2 Å². The van der Waals surface area contributed by atoms with E-state index in [1.807, 2.05) is 18.2 Å². The van der Waals surface area contributed by atoms with Crippen LogP contribution < -0.4 is 0 Å². The number of hydrogen-bond donors (Lipinski definition) is 0. The van der Waals surface area contributed by atoms with Gasteiger partial charge in [-0.3, -0.25) is 4.90 Å². The van der Waals surface area contributed by atoms with Gasteiger partial charge in [0.05, 0.1) is 20.8 Å². The molecule has 2 rings (SSSR count). The minimum Gasteiger partial charge on any atom is -0.467 e. The van der Waals surface area contributed by atoms with Crippen molar-refractivity contribution in [3.63, 3.8) is 0 Å². The molecule has 0 spiro atoms. The topological polar surface area (TPSA) is 55.8 Å². The first-order valence-corrected chi connectivity index (χ1v) is 6.56. The molecule has 0 aromatic heterocycles. The number of carbonyl (C=O) groups is 2. The summed E-state index contributed by atoms with van der Waals surface area (Å²) < 4.78 is 10.4. The summed E-state index contributed by atoms with van der Waals surface area (Å²) in [5.41, 5.74) is 2.04. The van der Waals surface area contributed by atoms with Crippen LogP contribution in [0, 0.1) is 0 Å². The van der Waals surface area contributed by atoms with Gasteiger partial charge in [0.25, 0.3) is 0 Å². The Balaban J connectivity index is 2.36. The third kappa shape index (κ3) is 2.73.